The van der Waals surface area contributed by atoms with Crippen molar-refractivity contribution >= 4 is 10.8 Å². The minimum atomic E-state index is 0.489. The second-order valence-electron chi connectivity index (χ2n) is 6.94. The van der Waals surface area contributed by atoms with E-state index in [0.717, 1.165) is 11.1 Å². The quantitative estimate of drug-likeness (QED) is 0.560. The van der Waals surface area contributed by atoms with Crippen molar-refractivity contribution in [2.75, 3.05) is 0 Å². The molecule has 0 unspecified atom stereocenters. The van der Waals surface area contributed by atoms with E-state index < -0.39 is 0 Å². The first-order valence-corrected chi connectivity index (χ1v) is 8.31. The van der Waals surface area contributed by atoms with Gasteiger partial charge >= 0.3 is 0 Å². The molecule has 0 saturated heterocycles. The minimum absolute atomic E-state index is 0.489. The third-order valence-corrected chi connectivity index (χ3v) is 4.82. The molecule has 23 heavy (non-hydrogen) atoms. The molecule has 0 N–H and O–H groups in total. The smallest absolute Gasteiger partial charge is 0.200 e. The van der Waals surface area contributed by atoms with E-state index in [-0.39, 0.29) is 0 Å². The molecule has 1 heteroatoms. The predicted octanol–water partition coefficient (Wildman–Crippen LogP) is 5.38. The number of fused-ring (bicyclic) bond motifs is 1. The largest absolute Gasteiger partial charge is 0.220 e. The molecule has 0 fully saturated rings. The Morgan fingerprint density at radius 1 is 1.00 bits per heavy atom. The van der Waals surface area contributed by atoms with Crippen LogP contribution in [0, 0.1) is 20.8 Å². The van der Waals surface area contributed by atoms with Crippen LogP contribution in [-0.4, -0.2) is 0 Å². The summed E-state index contributed by atoms with van der Waals surface area (Å²) in [5, 5.41) is 2.36. The minimum Gasteiger partial charge on any atom is -0.200 e. The van der Waals surface area contributed by atoms with E-state index >= 15 is 0 Å². The standard InChI is InChI=1S/C22H26N/c1-14(2)19-8-7-18-9-10-23(6)22(21(18)13-19)20-12-15(3)11-16(4)17(20)5/h7-14H,1-6H3/q+1/i10D. The van der Waals surface area contributed by atoms with E-state index in [0.29, 0.717) is 12.1 Å². The van der Waals surface area contributed by atoms with Crippen LogP contribution in [0.15, 0.2) is 42.6 Å². The molecule has 3 rings (SSSR count). The van der Waals surface area contributed by atoms with Crippen LogP contribution in [0.4, 0.5) is 0 Å². The Kier molecular flexibility index (Phi) is 3.65. The van der Waals surface area contributed by atoms with Crippen molar-refractivity contribution < 1.29 is 5.94 Å². The summed E-state index contributed by atoms with van der Waals surface area (Å²) >= 11 is 0. The zero-order chi connectivity index (χ0) is 17.6. The van der Waals surface area contributed by atoms with Gasteiger partial charge in [0.05, 0.1) is 10.9 Å². The molecule has 0 aliphatic carbocycles. The predicted molar refractivity (Wildman–Crippen MR) is 98.9 cm³/mol. The van der Waals surface area contributed by atoms with Gasteiger partial charge in [-0.15, -0.1) is 0 Å². The molecule has 3 aromatic rings. The fourth-order valence-electron chi connectivity index (χ4n) is 3.29. The highest BCUT2D eigenvalue weighted by Gasteiger charge is 2.19. The Labute approximate surface area is 141 Å². The van der Waals surface area contributed by atoms with E-state index in [9.17, 15) is 0 Å². The molecule has 0 spiro atoms. The van der Waals surface area contributed by atoms with Crippen molar-refractivity contribution in [1.29, 1.82) is 0 Å². The molecule has 1 nitrogen and oxygen atoms in total. The molecule has 1 heterocycles. The van der Waals surface area contributed by atoms with Gasteiger partial charge in [-0.1, -0.05) is 37.6 Å². The van der Waals surface area contributed by atoms with Gasteiger partial charge in [-0.25, -0.2) is 4.57 Å². The number of hydrogen-bond donors (Lipinski definition) is 0. The maximum atomic E-state index is 8.37. The Hall–Kier alpha value is -2.15. The van der Waals surface area contributed by atoms with Crippen LogP contribution < -0.4 is 4.57 Å². The second-order valence-corrected chi connectivity index (χ2v) is 6.94. The van der Waals surface area contributed by atoms with Crippen LogP contribution >= 0.6 is 0 Å². The van der Waals surface area contributed by atoms with Gasteiger partial charge in [-0.3, -0.25) is 0 Å². The number of rotatable bonds is 2. The number of hydrogen-bond acceptors (Lipinski definition) is 0. The normalized spacial score (nSPS) is 12.0. The number of benzene rings is 2. The molecule has 0 amide bonds. The molecule has 118 valence electrons. The lowest BCUT2D eigenvalue weighted by atomic mass is 9.92. The Bertz CT molecular complexity index is 939. The van der Waals surface area contributed by atoms with E-state index in [1.54, 1.807) is 0 Å². The molecular formula is C22H26N+. The van der Waals surface area contributed by atoms with Crippen LogP contribution in [-0.2, 0) is 7.05 Å². The average molecular weight is 305 g/mol. The first kappa shape index (κ1) is 14.4. The van der Waals surface area contributed by atoms with Crippen LogP contribution in [0.25, 0.3) is 22.0 Å². The number of aryl methyl sites for hydroxylation is 2. The van der Waals surface area contributed by atoms with Gasteiger partial charge in [-0.05, 0) is 60.9 Å². The SMILES string of the molecule is [2H]c1cc2ccc(C(C)C)cc2c(-c2cc(C)cc(C)c2C)[n+]1C. The summed E-state index contributed by atoms with van der Waals surface area (Å²) in [6.07, 6.45) is 0.536. The van der Waals surface area contributed by atoms with Gasteiger partial charge in [0.1, 0.15) is 8.42 Å². The topological polar surface area (TPSA) is 3.88 Å². The molecular weight excluding hydrogens is 278 g/mol. The highest BCUT2D eigenvalue weighted by atomic mass is 14.9. The lowest BCUT2D eigenvalue weighted by Crippen LogP contribution is -2.30. The molecule has 0 saturated carbocycles. The van der Waals surface area contributed by atoms with E-state index in [1.807, 2.05) is 17.7 Å². The lowest BCUT2D eigenvalue weighted by Gasteiger charge is -2.13. The Morgan fingerprint density at radius 2 is 1.74 bits per heavy atom. The summed E-state index contributed by atoms with van der Waals surface area (Å²) in [6, 6.07) is 13.1. The third kappa shape index (κ3) is 2.76. The van der Waals surface area contributed by atoms with Crippen LogP contribution in [0.3, 0.4) is 0 Å². The zero-order valence-corrected chi connectivity index (χ0v) is 15.0. The summed E-state index contributed by atoms with van der Waals surface area (Å²) in [7, 11) is 2.00. The van der Waals surface area contributed by atoms with E-state index in [4.69, 9.17) is 1.37 Å². The molecule has 0 radical (unpaired) electrons. The summed E-state index contributed by atoms with van der Waals surface area (Å²) in [5.41, 5.74) is 7.56. The van der Waals surface area contributed by atoms with Gasteiger partial charge in [0.25, 0.3) is 0 Å². The van der Waals surface area contributed by atoms with Crippen LogP contribution in [0.1, 0.15) is 43.4 Å². The number of pyridine rings is 1. The van der Waals surface area contributed by atoms with Crippen molar-refractivity contribution in [2.24, 2.45) is 7.05 Å². The maximum Gasteiger partial charge on any atom is 0.220 e. The molecule has 0 bridgehead atoms. The Balaban J connectivity index is 2.46. The van der Waals surface area contributed by atoms with Gasteiger partial charge in [0.2, 0.25) is 5.69 Å². The summed E-state index contributed by atoms with van der Waals surface area (Å²) in [4.78, 5) is 0. The van der Waals surface area contributed by atoms with Crippen molar-refractivity contribution in [1.82, 2.24) is 0 Å². The number of aromatic nitrogens is 1. The highest BCUT2D eigenvalue weighted by Crippen LogP contribution is 2.32. The fraction of sp³-hybridized carbons (Fsp3) is 0.318. The van der Waals surface area contributed by atoms with Crippen molar-refractivity contribution in [3.8, 4) is 11.3 Å². The first-order chi connectivity index (χ1) is 11.3. The zero-order valence-electron chi connectivity index (χ0n) is 16.0. The monoisotopic (exact) mass is 305 g/mol. The molecule has 0 aliphatic heterocycles. The lowest BCUT2D eigenvalue weighted by molar-refractivity contribution is -0.659. The van der Waals surface area contributed by atoms with Crippen LogP contribution in [0.5, 0.6) is 0 Å². The van der Waals surface area contributed by atoms with Gasteiger partial charge in [0.15, 0.2) is 6.17 Å². The molecule has 1 aromatic heterocycles. The average Bonchev–Trinajstić information content (AvgIpc) is 2.52. The second kappa shape index (κ2) is 5.81. The first-order valence-electron chi connectivity index (χ1n) is 8.81. The van der Waals surface area contributed by atoms with E-state index in [1.165, 1.54) is 33.2 Å². The summed E-state index contributed by atoms with van der Waals surface area (Å²) in [6.45, 7) is 10.9. The highest BCUT2D eigenvalue weighted by molar-refractivity contribution is 5.94. The molecule has 0 atom stereocenters. The van der Waals surface area contributed by atoms with Crippen molar-refractivity contribution in [2.45, 2.75) is 40.5 Å². The number of nitrogens with zero attached hydrogens (tertiary/aromatic N) is 1. The summed E-state index contributed by atoms with van der Waals surface area (Å²) < 4.78 is 10.4. The molecule has 0 aliphatic rings. The maximum absolute atomic E-state index is 8.37. The van der Waals surface area contributed by atoms with Crippen molar-refractivity contribution in [3.05, 3.63) is 64.8 Å². The molecule has 2 aromatic carbocycles. The Morgan fingerprint density at radius 3 is 2.43 bits per heavy atom. The summed E-state index contributed by atoms with van der Waals surface area (Å²) in [5.74, 6) is 0.489. The van der Waals surface area contributed by atoms with Gasteiger partial charge < -0.3 is 0 Å². The fourth-order valence-corrected chi connectivity index (χ4v) is 3.29. The van der Waals surface area contributed by atoms with Crippen LogP contribution in [0.2, 0.25) is 0 Å². The third-order valence-electron chi connectivity index (χ3n) is 4.82. The van der Waals surface area contributed by atoms with Gasteiger partial charge in [-0.2, -0.15) is 0 Å². The van der Waals surface area contributed by atoms with Gasteiger partial charge in [0, 0.05) is 6.07 Å². The van der Waals surface area contributed by atoms with E-state index in [2.05, 4.69) is 65.0 Å². The van der Waals surface area contributed by atoms with Crippen molar-refractivity contribution in [3.63, 3.8) is 0 Å².